The number of amides is 2. The molecule has 0 aliphatic carbocycles. The third kappa shape index (κ3) is 4.99. The van der Waals surface area contributed by atoms with Gasteiger partial charge in [0, 0.05) is 25.3 Å². The van der Waals surface area contributed by atoms with Gasteiger partial charge in [-0.3, -0.25) is 14.5 Å². The molecule has 9 heteroatoms. The van der Waals surface area contributed by atoms with E-state index in [2.05, 4.69) is 24.1 Å². The summed E-state index contributed by atoms with van der Waals surface area (Å²) in [5.74, 6) is -0.102. The van der Waals surface area contributed by atoms with Crippen LogP contribution in [0.4, 0.5) is 17.1 Å². The third-order valence-electron chi connectivity index (χ3n) is 7.11. The minimum atomic E-state index is -3.72. The van der Waals surface area contributed by atoms with Crippen molar-refractivity contribution in [1.29, 1.82) is 0 Å². The number of hydrogen-bond donors (Lipinski definition) is 1. The molecule has 2 aliphatic rings. The van der Waals surface area contributed by atoms with Crippen LogP contribution in [-0.2, 0) is 19.6 Å². The van der Waals surface area contributed by atoms with Crippen LogP contribution in [-0.4, -0.2) is 56.8 Å². The van der Waals surface area contributed by atoms with E-state index in [0.717, 1.165) is 25.1 Å². The number of benzene rings is 2. The number of carbonyl (C=O) groups excluding carboxylic acids is 2. The molecule has 2 aromatic rings. The Kier molecular flexibility index (Phi) is 7.70. The van der Waals surface area contributed by atoms with Crippen molar-refractivity contribution >= 4 is 38.9 Å². The fourth-order valence-electron chi connectivity index (χ4n) is 5.07. The molecule has 0 saturated carbocycles. The lowest BCUT2D eigenvalue weighted by Crippen LogP contribution is -2.56. The molecule has 2 heterocycles. The number of hydrogen-bond acceptors (Lipinski definition) is 5. The maximum atomic E-state index is 13.6. The molecule has 194 valence electrons. The lowest BCUT2D eigenvalue weighted by molar-refractivity contribution is -0.123. The minimum Gasteiger partial charge on any atom is -0.358 e. The zero-order valence-electron chi connectivity index (χ0n) is 21.5. The Labute approximate surface area is 214 Å². The number of anilines is 3. The van der Waals surface area contributed by atoms with Crippen molar-refractivity contribution in [2.24, 2.45) is 0 Å². The summed E-state index contributed by atoms with van der Waals surface area (Å²) in [5.41, 5.74) is 3.10. The Hall–Kier alpha value is -2.91. The summed E-state index contributed by atoms with van der Waals surface area (Å²) < 4.78 is 27.8. The van der Waals surface area contributed by atoms with Crippen LogP contribution in [0.25, 0.3) is 0 Å². The average molecular weight is 513 g/mol. The van der Waals surface area contributed by atoms with Crippen LogP contribution in [0, 0.1) is 0 Å². The third-order valence-corrected chi connectivity index (χ3v) is 9.15. The van der Waals surface area contributed by atoms with Gasteiger partial charge in [-0.15, -0.1) is 0 Å². The first-order valence-corrected chi connectivity index (χ1v) is 14.2. The molecule has 0 radical (unpaired) electrons. The largest absolute Gasteiger partial charge is 0.358 e. The Bertz CT molecular complexity index is 1220. The molecule has 0 unspecified atom stereocenters. The molecule has 8 nitrogen and oxygen atoms in total. The maximum absolute atomic E-state index is 13.6. The van der Waals surface area contributed by atoms with Crippen molar-refractivity contribution in [3.63, 3.8) is 0 Å². The second-order valence-electron chi connectivity index (χ2n) is 9.69. The van der Waals surface area contributed by atoms with E-state index < -0.39 is 10.0 Å². The van der Waals surface area contributed by atoms with Gasteiger partial charge in [0.15, 0.2) is 0 Å². The second kappa shape index (κ2) is 10.6. The molecule has 4 rings (SSSR count). The second-order valence-corrected chi connectivity index (χ2v) is 11.6. The number of nitrogens with zero attached hydrogens (tertiary/aromatic N) is 3. The predicted molar refractivity (Wildman–Crippen MR) is 143 cm³/mol. The number of carbonyl (C=O) groups is 2. The number of rotatable bonds is 8. The van der Waals surface area contributed by atoms with Gasteiger partial charge in [0.25, 0.3) is 0 Å². The van der Waals surface area contributed by atoms with Gasteiger partial charge in [0.05, 0.1) is 16.3 Å². The van der Waals surface area contributed by atoms with Crippen LogP contribution in [0.5, 0.6) is 0 Å². The fourth-order valence-corrected chi connectivity index (χ4v) is 6.55. The molecule has 0 bridgehead atoms. The van der Waals surface area contributed by atoms with E-state index in [1.165, 1.54) is 14.8 Å². The Morgan fingerprint density at radius 2 is 1.75 bits per heavy atom. The van der Waals surface area contributed by atoms with Gasteiger partial charge in [0.2, 0.25) is 21.8 Å². The lowest BCUT2D eigenvalue weighted by Gasteiger charge is -2.45. The molecule has 1 fully saturated rings. The molecule has 2 aromatic carbocycles. The summed E-state index contributed by atoms with van der Waals surface area (Å²) >= 11 is 0. The smallest absolute Gasteiger partial charge is 0.250 e. The molecule has 1 saturated heterocycles. The molecular formula is C27H36N4O4S. The molecule has 0 aromatic heterocycles. The number of piperidine rings is 1. The first-order valence-electron chi connectivity index (χ1n) is 12.8. The molecule has 1 N–H and O–H groups in total. The fraction of sp³-hybridized carbons (Fsp3) is 0.481. The predicted octanol–water partition coefficient (Wildman–Crippen LogP) is 4.18. The SMILES string of the molecule is CCN(CC)S(=O)(=O)c1ccc2c(c1)N(CC(=O)Nc1ccc(C(C)C)cc1)C(=O)[C@H]1CCCCN21. The van der Waals surface area contributed by atoms with E-state index in [0.29, 0.717) is 36.8 Å². The molecule has 1 atom stereocenters. The normalized spacial score (nSPS) is 17.8. The quantitative estimate of drug-likeness (QED) is 0.573. The zero-order valence-corrected chi connectivity index (χ0v) is 22.3. The van der Waals surface area contributed by atoms with E-state index in [-0.39, 0.29) is 29.3 Å². The topological polar surface area (TPSA) is 90.0 Å². The van der Waals surface area contributed by atoms with Crippen molar-refractivity contribution < 1.29 is 18.0 Å². The Balaban J connectivity index is 1.66. The Morgan fingerprint density at radius 3 is 2.39 bits per heavy atom. The minimum absolute atomic E-state index is 0.128. The van der Waals surface area contributed by atoms with Crippen molar-refractivity contribution in [1.82, 2.24) is 4.31 Å². The first kappa shape index (κ1) is 26.2. The van der Waals surface area contributed by atoms with Gasteiger partial charge in [-0.1, -0.05) is 39.8 Å². The van der Waals surface area contributed by atoms with Crippen LogP contribution in [0.15, 0.2) is 47.4 Å². The first-order chi connectivity index (χ1) is 17.2. The van der Waals surface area contributed by atoms with Gasteiger partial charge in [-0.2, -0.15) is 4.31 Å². The van der Waals surface area contributed by atoms with Crippen LogP contribution in [0.3, 0.4) is 0 Å². The van der Waals surface area contributed by atoms with Crippen LogP contribution in [0.1, 0.15) is 58.4 Å². The van der Waals surface area contributed by atoms with Gasteiger partial charge in [0.1, 0.15) is 12.6 Å². The van der Waals surface area contributed by atoms with E-state index in [1.54, 1.807) is 32.0 Å². The van der Waals surface area contributed by atoms with E-state index in [1.807, 2.05) is 24.3 Å². The van der Waals surface area contributed by atoms with Crippen LogP contribution < -0.4 is 15.1 Å². The molecule has 2 aliphatic heterocycles. The number of sulfonamides is 1. The van der Waals surface area contributed by atoms with Gasteiger partial charge in [-0.25, -0.2) is 8.42 Å². The highest BCUT2D eigenvalue weighted by molar-refractivity contribution is 7.89. The summed E-state index contributed by atoms with van der Waals surface area (Å²) in [6, 6.07) is 12.3. The van der Waals surface area contributed by atoms with E-state index >= 15 is 0 Å². The maximum Gasteiger partial charge on any atom is 0.250 e. The van der Waals surface area contributed by atoms with Crippen molar-refractivity contribution in [2.75, 3.05) is 41.3 Å². The van der Waals surface area contributed by atoms with Crippen LogP contribution >= 0.6 is 0 Å². The van der Waals surface area contributed by atoms with Crippen LogP contribution in [0.2, 0.25) is 0 Å². The van der Waals surface area contributed by atoms with Crippen molar-refractivity contribution in [2.45, 2.75) is 63.8 Å². The average Bonchev–Trinajstić information content (AvgIpc) is 2.87. The van der Waals surface area contributed by atoms with Gasteiger partial charge >= 0.3 is 0 Å². The highest BCUT2D eigenvalue weighted by Crippen LogP contribution is 2.41. The summed E-state index contributed by atoms with van der Waals surface area (Å²) in [6.45, 7) is 9.06. The van der Waals surface area contributed by atoms with Gasteiger partial charge in [-0.05, 0) is 61.1 Å². The number of nitrogens with one attached hydrogen (secondary N) is 1. The monoisotopic (exact) mass is 512 g/mol. The molecule has 36 heavy (non-hydrogen) atoms. The van der Waals surface area contributed by atoms with Gasteiger partial charge < -0.3 is 10.2 Å². The Morgan fingerprint density at radius 1 is 1.06 bits per heavy atom. The highest BCUT2D eigenvalue weighted by Gasteiger charge is 2.40. The van der Waals surface area contributed by atoms with E-state index in [9.17, 15) is 18.0 Å². The lowest BCUT2D eigenvalue weighted by atomic mass is 9.96. The number of fused-ring (bicyclic) bond motifs is 3. The van der Waals surface area contributed by atoms with E-state index in [4.69, 9.17) is 0 Å². The van der Waals surface area contributed by atoms with Crippen molar-refractivity contribution in [3.05, 3.63) is 48.0 Å². The molecule has 2 amide bonds. The summed E-state index contributed by atoms with van der Waals surface area (Å²) in [5, 5.41) is 2.89. The molecule has 0 spiro atoms. The summed E-state index contributed by atoms with van der Waals surface area (Å²) in [7, 11) is -3.72. The zero-order chi connectivity index (χ0) is 26.0. The summed E-state index contributed by atoms with van der Waals surface area (Å²) in [6.07, 6.45) is 2.63. The highest BCUT2D eigenvalue weighted by atomic mass is 32.2. The summed E-state index contributed by atoms with van der Waals surface area (Å²) in [4.78, 5) is 30.3. The van der Waals surface area contributed by atoms with Crippen molar-refractivity contribution in [3.8, 4) is 0 Å². The molecular weight excluding hydrogens is 476 g/mol. The standard InChI is InChI=1S/C27H36N4O4S/c1-5-29(6-2)36(34,35)22-14-15-23-25(17-22)31(27(33)24-9-7-8-16-30(23)24)18-26(32)28-21-12-10-20(11-13-21)19(3)4/h10-15,17,19,24H,5-9,16,18H2,1-4H3,(H,28,32)/t24-/m1/s1.